The molecule has 1 aromatic rings. The molecule has 1 aromatic carbocycles. The Bertz CT molecular complexity index is 734. The van der Waals surface area contributed by atoms with Crippen LogP contribution in [0.2, 0.25) is 0 Å². The molecule has 1 saturated heterocycles. The molecule has 2 N–H and O–H groups in total. The number of rotatable bonds is 4. The van der Waals surface area contributed by atoms with E-state index < -0.39 is 36.0 Å². The largest absolute Gasteiger partial charge is 0.478 e. The van der Waals surface area contributed by atoms with Crippen LogP contribution in [0.25, 0.3) is 0 Å². The predicted octanol–water partition coefficient (Wildman–Crippen LogP) is 0.260. The Morgan fingerprint density at radius 3 is 2.84 bits per heavy atom. The molecule has 0 saturated carbocycles. The van der Waals surface area contributed by atoms with E-state index in [1.165, 1.54) is 6.92 Å². The Morgan fingerprint density at radius 1 is 1.36 bits per heavy atom. The van der Waals surface area contributed by atoms with Gasteiger partial charge < -0.3 is 20.1 Å². The highest BCUT2D eigenvalue weighted by atomic mass is 16.6. The van der Waals surface area contributed by atoms with Gasteiger partial charge in [-0.2, -0.15) is 0 Å². The van der Waals surface area contributed by atoms with E-state index in [1.54, 1.807) is 24.3 Å². The van der Waals surface area contributed by atoms with Crippen molar-refractivity contribution in [3.63, 3.8) is 0 Å². The molecule has 3 rings (SSSR count). The molecule has 9 nitrogen and oxygen atoms in total. The molecule has 0 spiro atoms. The zero-order valence-electron chi connectivity index (χ0n) is 13.5. The molecule has 2 heterocycles. The number of benzene rings is 1. The third kappa shape index (κ3) is 3.54. The van der Waals surface area contributed by atoms with Crippen molar-refractivity contribution < 1.29 is 28.7 Å². The fraction of sp³-hybridized carbons (Fsp3) is 0.375. The third-order valence-corrected chi connectivity index (χ3v) is 3.84. The first-order valence-electron chi connectivity index (χ1n) is 7.81. The average molecular weight is 347 g/mol. The summed E-state index contributed by atoms with van der Waals surface area (Å²) in [7, 11) is 0. The summed E-state index contributed by atoms with van der Waals surface area (Å²) in [6.07, 6.45) is -2.51. The van der Waals surface area contributed by atoms with E-state index in [1.807, 2.05) is 0 Å². The van der Waals surface area contributed by atoms with Gasteiger partial charge in [-0.15, -0.1) is 0 Å². The molecule has 0 bridgehead atoms. The maximum absolute atomic E-state index is 12.1. The number of para-hydroxylation sites is 2. The number of nitrogens with one attached hydrogen (secondary N) is 2. The summed E-state index contributed by atoms with van der Waals surface area (Å²) < 4.78 is 10.5. The summed E-state index contributed by atoms with van der Waals surface area (Å²) in [4.78, 5) is 48.6. The normalized spacial score (nSPS) is 20.0. The number of carbonyl (C=O) groups excluding carboxylic acids is 4. The van der Waals surface area contributed by atoms with Crippen molar-refractivity contribution in [2.45, 2.75) is 25.6 Å². The van der Waals surface area contributed by atoms with Gasteiger partial charge in [-0.05, 0) is 19.1 Å². The highest BCUT2D eigenvalue weighted by Gasteiger charge is 2.34. The first kappa shape index (κ1) is 16.7. The second-order valence-electron chi connectivity index (χ2n) is 5.65. The molecular weight excluding hydrogens is 330 g/mol. The number of hydrogen-bond acceptors (Lipinski definition) is 6. The van der Waals surface area contributed by atoms with Gasteiger partial charge in [-0.25, -0.2) is 4.79 Å². The van der Waals surface area contributed by atoms with Crippen LogP contribution in [0.5, 0.6) is 5.75 Å². The lowest BCUT2D eigenvalue weighted by molar-refractivity contribution is -0.159. The number of ether oxygens (including phenoxy) is 2. The fourth-order valence-electron chi connectivity index (χ4n) is 2.58. The number of hydrogen-bond donors (Lipinski definition) is 2. The minimum Gasteiger partial charge on any atom is -0.478 e. The summed E-state index contributed by atoms with van der Waals surface area (Å²) in [5.41, 5.74) is 0.528. The van der Waals surface area contributed by atoms with Crippen molar-refractivity contribution >= 4 is 29.5 Å². The van der Waals surface area contributed by atoms with E-state index in [9.17, 15) is 19.2 Å². The van der Waals surface area contributed by atoms with Gasteiger partial charge in [-0.1, -0.05) is 12.1 Å². The lowest BCUT2D eigenvalue weighted by Gasteiger charge is -2.25. The van der Waals surface area contributed by atoms with Gasteiger partial charge in [0.05, 0.1) is 12.1 Å². The molecule has 1 fully saturated rings. The van der Waals surface area contributed by atoms with Crippen molar-refractivity contribution in [3.8, 4) is 5.75 Å². The Hall–Kier alpha value is -3.10. The predicted molar refractivity (Wildman–Crippen MR) is 84.8 cm³/mol. The Labute approximate surface area is 143 Å². The van der Waals surface area contributed by atoms with Crippen LogP contribution in [0.15, 0.2) is 24.3 Å². The molecule has 132 valence electrons. The third-order valence-electron chi connectivity index (χ3n) is 3.84. The van der Waals surface area contributed by atoms with Crippen molar-refractivity contribution in [1.29, 1.82) is 0 Å². The van der Waals surface area contributed by atoms with Gasteiger partial charge in [0.15, 0.2) is 12.2 Å². The molecular formula is C16H17N3O6. The van der Waals surface area contributed by atoms with E-state index in [-0.39, 0.29) is 13.0 Å². The van der Waals surface area contributed by atoms with Gasteiger partial charge in [-0.3, -0.25) is 19.3 Å². The first-order valence-corrected chi connectivity index (χ1v) is 7.81. The van der Waals surface area contributed by atoms with Crippen LogP contribution in [0.1, 0.15) is 13.3 Å². The second kappa shape index (κ2) is 6.80. The number of nitrogens with zero attached hydrogens (tertiary/aromatic N) is 1. The highest BCUT2D eigenvalue weighted by molar-refractivity contribution is 6.00. The van der Waals surface area contributed by atoms with Gasteiger partial charge in [0, 0.05) is 13.1 Å². The quantitative estimate of drug-likeness (QED) is 0.755. The van der Waals surface area contributed by atoms with Gasteiger partial charge in [0.25, 0.3) is 11.8 Å². The molecule has 2 atom stereocenters. The minimum absolute atomic E-state index is 0.227. The van der Waals surface area contributed by atoms with E-state index in [2.05, 4.69) is 10.6 Å². The molecule has 0 aromatic heterocycles. The highest BCUT2D eigenvalue weighted by Crippen LogP contribution is 2.29. The first-order chi connectivity index (χ1) is 12.0. The fourth-order valence-corrected chi connectivity index (χ4v) is 2.58. The van der Waals surface area contributed by atoms with Crippen molar-refractivity contribution in [3.05, 3.63) is 24.3 Å². The summed E-state index contributed by atoms with van der Waals surface area (Å²) in [5.74, 6) is -1.38. The zero-order chi connectivity index (χ0) is 18.0. The Morgan fingerprint density at radius 2 is 2.12 bits per heavy atom. The van der Waals surface area contributed by atoms with Crippen LogP contribution in [0, 0.1) is 0 Å². The maximum atomic E-state index is 12.1. The number of imide groups is 1. The average Bonchev–Trinajstić information content (AvgIpc) is 3.00. The lowest BCUT2D eigenvalue weighted by atomic mass is 10.1. The van der Waals surface area contributed by atoms with E-state index in [0.717, 1.165) is 4.90 Å². The zero-order valence-corrected chi connectivity index (χ0v) is 13.5. The van der Waals surface area contributed by atoms with Crippen LogP contribution < -0.4 is 15.4 Å². The number of fused-ring (bicyclic) bond motifs is 1. The number of amides is 4. The summed E-state index contributed by atoms with van der Waals surface area (Å²) >= 11 is 0. The summed E-state index contributed by atoms with van der Waals surface area (Å²) in [5, 5.41) is 5.13. The monoisotopic (exact) mass is 347 g/mol. The Kier molecular flexibility index (Phi) is 4.55. The van der Waals surface area contributed by atoms with E-state index in [4.69, 9.17) is 9.47 Å². The molecule has 0 aliphatic carbocycles. The van der Waals surface area contributed by atoms with Crippen LogP contribution >= 0.6 is 0 Å². The summed E-state index contributed by atoms with van der Waals surface area (Å²) in [6.45, 7) is 1.97. The topological polar surface area (TPSA) is 114 Å². The summed E-state index contributed by atoms with van der Waals surface area (Å²) in [6, 6.07) is 6.33. The van der Waals surface area contributed by atoms with Crippen molar-refractivity contribution in [2.24, 2.45) is 0 Å². The maximum Gasteiger partial charge on any atom is 0.324 e. The van der Waals surface area contributed by atoms with Crippen molar-refractivity contribution in [1.82, 2.24) is 10.2 Å². The molecule has 2 aliphatic rings. The van der Waals surface area contributed by atoms with E-state index >= 15 is 0 Å². The van der Waals surface area contributed by atoms with Crippen LogP contribution in [-0.4, -0.2) is 54.0 Å². The molecule has 4 amide bonds. The molecule has 0 radical (unpaired) electrons. The van der Waals surface area contributed by atoms with Gasteiger partial charge in [0.2, 0.25) is 0 Å². The number of esters is 1. The number of urea groups is 1. The SMILES string of the molecule is C[C@@H](OC(=O)C[C@@H]1Oc2ccccc2NC1=O)C(=O)N1CCNC1=O. The van der Waals surface area contributed by atoms with Gasteiger partial charge >= 0.3 is 12.0 Å². The molecule has 2 aliphatic heterocycles. The van der Waals surface area contributed by atoms with Crippen LogP contribution in [-0.2, 0) is 19.1 Å². The lowest BCUT2D eigenvalue weighted by Crippen LogP contribution is -2.43. The molecule has 25 heavy (non-hydrogen) atoms. The minimum atomic E-state index is -1.13. The van der Waals surface area contributed by atoms with E-state index in [0.29, 0.717) is 18.0 Å². The standard InChI is InChI=1S/C16H17N3O6/c1-9(15(22)19-7-6-17-16(19)23)24-13(20)8-12-14(21)18-10-4-2-3-5-11(10)25-12/h2-5,9,12H,6-8H2,1H3,(H,17,23)(H,18,21)/t9-,12+/m1/s1. The smallest absolute Gasteiger partial charge is 0.324 e. The number of anilines is 1. The number of carbonyl (C=O) groups is 4. The second-order valence-corrected chi connectivity index (χ2v) is 5.65. The van der Waals surface area contributed by atoms with Crippen LogP contribution in [0.3, 0.4) is 0 Å². The van der Waals surface area contributed by atoms with Crippen LogP contribution in [0.4, 0.5) is 10.5 Å². The molecule has 0 unspecified atom stereocenters. The van der Waals surface area contributed by atoms with Crippen molar-refractivity contribution in [2.75, 3.05) is 18.4 Å². The molecule has 9 heteroatoms. The Balaban J connectivity index is 1.56. The van der Waals surface area contributed by atoms with Gasteiger partial charge in [0.1, 0.15) is 5.75 Å².